The first kappa shape index (κ1) is 23.0. The van der Waals surface area contributed by atoms with Crippen molar-refractivity contribution in [3.8, 4) is 22.2 Å². The number of H-pyrrole nitrogens is 2. The summed E-state index contributed by atoms with van der Waals surface area (Å²) >= 11 is 13.3. The van der Waals surface area contributed by atoms with Gasteiger partial charge in [-0.25, -0.2) is 9.78 Å². The normalized spacial score (nSPS) is 11.5. The minimum absolute atomic E-state index is 0.0914. The van der Waals surface area contributed by atoms with E-state index >= 15 is 0 Å². The molecule has 0 radical (unpaired) electrons. The maximum absolute atomic E-state index is 13.0. The molecule has 13 heteroatoms. The van der Waals surface area contributed by atoms with E-state index in [1.807, 2.05) is 31.2 Å². The Hall–Kier alpha value is -3.80. The molecule has 3 aromatic heterocycles. The van der Waals surface area contributed by atoms with Crippen LogP contribution in [0.15, 0.2) is 72.2 Å². The van der Waals surface area contributed by atoms with E-state index in [9.17, 15) is 9.59 Å². The molecule has 0 unspecified atom stereocenters. The van der Waals surface area contributed by atoms with Gasteiger partial charge >= 0.3 is 16.9 Å². The van der Waals surface area contributed by atoms with Gasteiger partial charge in [-0.05, 0) is 42.0 Å². The van der Waals surface area contributed by atoms with Gasteiger partial charge in [0.1, 0.15) is 5.69 Å². The first-order valence-electron chi connectivity index (χ1n) is 10.2. The molecule has 0 saturated heterocycles. The van der Waals surface area contributed by atoms with E-state index in [1.165, 1.54) is 20.7 Å². The summed E-state index contributed by atoms with van der Waals surface area (Å²) in [6, 6.07) is 12.3. The first-order chi connectivity index (χ1) is 16.8. The average molecular weight is 529 g/mol. The minimum Gasteiger partial charge on any atom is -0.291 e. The maximum Gasteiger partial charge on any atom is 0.437 e. The van der Waals surface area contributed by atoms with Crippen LogP contribution in [0, 0.1) is 13.8 Å². The van der Waals surface area contributed by atoms with Crippen LogP contribution in [0.5, 0.6) is 0 Å². The fraction of sp³-hybridized carbons (Fsp3) is 0.0909. The highest BCUT2D eigenvalue weighted by molar-refractivity contribution is 7.12. The summed E-state index contributed by atoms with van der Waals surface area (Å²) in [6.45, 7) is 3.65. The number of aromatic nitrogens is 5. The molecule has 0 saturated carbocycles. The third-order valence-corrected chi connectivity index (χ3v) is 6.45. The van der Waals surface area contributed by atoms with Crippen molar-refractivity contribution in [3.05, 3.63) is 89.9 Å². The van der Waals surface area contributed by atoms with Gasteiger partial charge in [-0.15, -0.1) is 21.6 Å². The standard InChI is InChI=1S/C22H15Cl2N7O3S/c1-11-3-6-14(7-4-11)30-19(21(33)34-29-30)17-10-35-22(25-17)31-20(32)18(12(2)28-31)27-26-16-9-13(23)5-8-15(16)24/h3-10H,1-2H3,(H-,26,28,29,32,33)/p+1. The predicted octanol–water partition coefficient (Wildman–Crippen LogP) is 5.19. The van der Waals surface area contributed by atoms with E-state index < -0.39 is 11.2 Å². The third kappa shape index (κ3) is 4.36. The Labute approximate surface area is 211 Å². The van der Waals surface area contributed by atoms with Crippen molar-refractivity contribution in [2.75, 3.05) is 0 Å². The number of aromatic amines is 2. The Morgan fingerprint density at radius 2 is 1.86 bits per heavy atom. The van der Waals surface area contributed by atoms with Gasteiger partial charge in [-0.1, -0.05) is 40.9 Å². The topological polar surface area (TPSA) is 125 Å². The van der Waals surface area contributed by atoms with Gasteiger partial charge in [-0.2, -0.15) is 4.68 Å². The number of benzene rings is 2. The first-order valence-corrected chi connectivity index (χ1v) is 11.8. The maximum atomic E-state index is 13.0. The lowest BCUT2D eigenvalue weighted by Crippen LogP contribution is -2.36. The fourth-order valence-corrected chi connectivity index (χ4v) is 4.39. The Balaban J connectivity index is 1.51. The molecule has 5 rings (SSSR count). The Morgan fingerprint density at radius 3 is 2.63 bits per heavy atom. The van der Waals surface area contributed by atoms with Crippen molar-refractivity contribution < 1.29 is 9.20 Å². The quantitative estimate of drug-likeness (QED) is 0.240. The molecule has 0 aliphatic rings. The van der Waals surface area contributed by atoms with Gasteiger partial charge in [0.25, 0.3) is 0 Å². The number of thiazole rings is 1. The van der Waals surface area contributed by atoms with E-state index in [1.54, 1.807) is 30.5 Å². The second-order valence-electron chi connectivity index (χ2n) is 7.54. The van der Waals surface area contributed by atoms with Crippen LogP contribution in [0.25, 0.3) is 22.2 Å². The molecule has 0 atom stereocenters. The van der Waals surface area contributed by atoms with Crippen LogP contribution in [0.4, 0.5) is 11.4 Å². The second-order valence-corrected chi connectivity index (χ2v) is 9.22. The SMILES string of the molecule is Cc1ccc(-[n+]2[nH]oc(=O)c2-c2csc(-n3[nH]c(C)c(N=Nc4cc(Cl)ccc4Cl)c3=O)n2)cc1. The van der Waals surface area contributed by atoms with Gasteiger partial charge in [0.2, 0.25) is 10.8 Å². The zero-order valence-corrected chi connectivity index (χ0v) is 20.6. The number of aryl methyl sites for hydroxylation is 2. The van der Waals surface area contributed by atoms with Gasteiger partial charge in [0.05, 0.1) is 10.7 Å². The molecule has 176 valence electrons. The van der Waals surface area contributed by atoms with E-state index in [2.05, 4.69) is 25.6 Å². The fourth-order valence-electron chi connectivity index (χ4n) is 3.30. The van der Waals surface area contributed by atoms with Crippen molar-refractivity contribution in [1.82, 2.24) is 20.0 Å². The Kier molecular flexibility index (Phi) is 5.97. The molecule has 35 heavy (non-hydrogen) atoms. The van der Waals surface area contributed by atoms with E-state index in [-0.39, 0.29) is 11.4 Å². The second kappa shape index (κ2) is 9.10. The molecule has 0 aliphatic carbocycles. The molecule has 0 amide bonds. The number of rotatable bonds is 5. The van der Waals surface area contributed by atoms with Crippen LogP contribution in [0.2, 0.25) is 10.0 Å². The summed E-state index contributed by atoms with van der Waals surface area (Å²) in [6.07, 6.45) is 0. The lowest BCUT2D eigenvalue weighted by molar-refractivity contribution is -0.660. The molecule has 0 fully saturated rings. The molecule has 2 aromatic carbocycles. The predicted molar refractivity (Wildman–Crippen MR) is 132 cm³/mol. The van der Waals surface area contributed by atoms with E-state index in [0.29, 0.717) is 37.9 Å². The van der Waals surface area contributed by atoms with Crippen molar-refractivity contribution in [2.45, 2.75) is 13.8 Å². The Morgan fingerprint density at radius 1 is 1.09 bits per heavy atom. The molecule has 0 bridgehead atoms. The summed E-state index contributed by atoms with van der Waals surface area (Å²) in [4.78, 5) is 30.0. The van der Waals surface area contributed by atoms with Crippen molar-refractivity contribution in [1.29, 1.82) is 0 Å². The monoisotopic (exact) mass is 528 g/mol. The van der Waals surface area contributed by atoms with Crippen molar-refractivity contribution in [3.63, 3.8) is 0 Å². The van der Waals surface area contributed by atoms with Gasteiger partial charge in [0, 0.05) is 22.5 Å². The van der Waals surface area contributed by atoms with Crippen LogP contribution in [-0.2, 0) is 0 Å². The minimum atomic E-state index is -0.592. The van der Waals surface area contributed by atoms with Crippen LogP contribution < -0.4 is 15.9 Å². The van der Waals surface area contributed by atoms with Crippen molar-refractivity contribution >= 4 is 45.9 Å². The summed E-state index contributed by atoms with van der Waals surface area (Å²) < 4.78 is 7.75. The molecule has 10 nitrogen and oxygen atoms in total. The molecular weight excluding hydrogens is 513 g/mol. The van der Waals surface area contributed by atoms with E-state index in [4.69, 9.17) is 27.7 Å². The number of halogens is 2. The van der Waals surface area contributed by atoms with E-state index in [0.717, 1.165) is 5.56 Å². The summed E-state index contributed by atoms with van der Waals surface area (Å²) in [7, 11) is 0. The smallest absolute Gasteiger partial charge is 0.291 e. The van der Waals surface area contributed by atoms with Crippen LogP contribution >= 0.6 is 34.5 Å². The molecule has 3 heterocycles. The summed E-state index contributed by atoms with van der Waals surface area (Å²) in [5.41, 5.74) is 2.16. The molecule has 5 aromatic rings. The summed E-state index contributed by atoms with van der Waals surface area (Å²) in [5, 5.41) is 16.4. The number of nitrogens with zero attached hydrogens (tertiary/aromatic N) is 5. The highest BCUT2D eigenvalue weighted by Gasteiger charge is 2.28. The number of hydrogen-bond acceptors (Lipinski definition) is 7. The number of nitrogens with one attached hydrogen (secondary N) is 2. The highest BCUT2D eigenvalue weighted by Crippen LogP contribution is 2.30. The van der Waals surface area contributed by atoms with Gasteiger partial charge < -0.3 is 0 Å². The Bertz CT molecular complexity index is 1690. The lowest BCUT2D eigenvalue weighted by atomic mass is 10.2. The van der Waals surface area contributed by atoms with Gasteiger partial charge in [0.15, 0.2) is 11.4 Å². The lowest BCUT2D eigenvalue weighted by Gasteiger charge is -1.96. The molecule has 2 N–H and O–H groups in total. The van der Waals surface area contributed by atoms with Gasteiger partial charge in [-0.3, -0.25) is 14.4 Å². The van der Waals surface area contributed by atoms with Crippen LogP contribution in [0.3, 0.4) is 0 Å². The number of hydrogen-bond donors (Lipinski definition) is 2. The number of azo groups is 1. The summed E-state index contributed by atoms with van der Waals surface area (Å²) in [5.74, 6) is 0. The van der Waals surface area contributed by atoms with Crippen molar-refractivity contribution in [2.24, 2.45) is 10.2 Å². The third-order valence-electron chi connectivity index (χ3n) is 5.07. The highest BCUT2D eigenvalue weighted by atomic mass is 35.5. The van der Waals surface area contributed by atoms with Crippen LogP contribution in [-0.4, -0.2) is 20.0 Å². The molecular formula is C22H16Cl2N7O3S+. The largest absolute Gasteiger partial charge is 0.437 e. The zero-order chi connectivity index (χ0) is 24.7. The molecule has 0 aliphatic heterocycles. The average Bonchev–Trinajstić information content (AvgIpc) is 3.53. The van der Waals surface area contributed by atoms with Crippen LogP contribution in [0.1, 0.15) is 11.3 Å². The zero-order valence-electron chi connectivity index (χ0n) is 18.2. The molecule has 0 spiro atoms.